The lowest BCUT2D eigenvalue weighted by Crippen LogP contribution is -2.51. The molecule has 24 heavy (non-hydrogen) atoms. The van der Waals surface area contributed by atoms with Gasteiger partial charge in [0.25, 0.3) is 0 Å². The van der Waals surface area contributed by atoms with Crippen molar-refractivity contribution in [2.75, 3.05) is 6.61 Å². The molecule has 0 unspecified atom stereocenters. The van der Waals surface area contributed by atoms with Crippen LogP contribution in [0.4, 0.5) is 0 Å². The number of rotatable bonds is 1. The minimum Gasteiger partial charge on any atom is -0.465 e. The number of cyclic esters (lactones) is 1. The number of Topliss-reactive ketones (excluding diaryl/α,β-unsaturated/α-hetero) is 1. The molecule has 5 atom stereocenters. The van der Waals surface area contributed by atoms with Gasteiger partial charge in [0.05, 0.1) is 12.5 Å². The SMILES string of the molecule is CC(C)C1=CC(=O)[C@@H]2[C@@H](CC=C3[C@H]4COC(=O)[C@H]4CC[C@@]32C)C1=O. The molecule has 0 amide bonds. The lowest BCUT2D eigenvalue weighted by Gasteiger charge is -2.51. The number of esters is 1. The number of allylic oxidation sites excluding steroid dienone is 3. The Balaban J connectivity index is 1.76. The summed E-state index contributed by atoms with van der Waals surface area (Å²) in [6, 6.07) is 0. The Labute approximate surface area is 142 Å². The van der Waals surface area contributed by atoms with Crippen molar-refractivity contribution in [3.05, 3.63) is 23.3 Å². The normalized spacial score (nSPS) is 41.2. The van der Waals surface area contributed by atoms with Gasteiger partial charge in [0, 0.05) is 23.3 Å². The van der Waals surface area contributed by atoms with Crippen LogP contribution in [-0.2, 0) is 19.1 Å². The van der Waals surface area contributed by atoms with E-state index in [2.05, 4.69) is 13.0 Å². The van der Waals surface area contributed by atoms with E-state index in [1.54, 1.807) is 6.08 Å². The Morgan fingerprint density at radius 1 is 1.17 bits per heavy atom. The van der Waals surface area contributed by atoms with Crippen LogP contribution in [0.5, 0.6) is 0 Å². The van der Waals surface area contributed by atoms with Crippen LogP contribution in [0.2, 0.25) is 0 Å². The maximum absolute atomic E-state index is 13.0. The standard InChI is InChI=1S/C20H24O4/c1-10(2)13-8-16(21)17-12(18(13)22)4-5-15-14-9-24-19(23)11(14)6-7-20(15,17)3/h5,8,10-12,14,17H,4,6-7,9H2,1-3H3/t11-,12+,14-,17-,20-/m0/s1. The molecular weight excluding hydrogens is 304 g/mol. The summed E-state index contributed by atoms with van der Waals surface area (Å²) in [4.78, 5) is 37.8. The highest BCUT2D eigenvalue weighted by Gasteiger charge is 2.58. The summed E-state index contributed by atoms with van der Waals surface area (Å²) in [7, 11) is 0. The molecular formula is C20H24O4. The van der Waals surface area contributed by atoms with E-state index < -0.39 is 0 Å². The number of ether oxygens (including phenoxy) is 1. The molecule has 0 radical (unpaired) electrons. The first-order chi connectivity index (χ1) is 11.3. The van der Waals surface area contributed by atoms with E-state index in [-0.39, 0.29) is 52.5 Å². The molecule has 1 saturated carbocycles. The molecule has 4 aliphatic rings. The van der Waals surface area contributed by atoms with Crippen LogP contribution in [-0.4, -0.2) is 24.1 Å². The predicted molar refractivity (Wildman–Crippen MR) is 87.9 cm³/mol. The maximum atomic E-state index is 13.0. The van der Waals surface area contributed by atoms with Crippen molar-refractivity contribution in [1.29, 1.82) is 0 Å². The highest BCUT2D eigenvalue weighted by Crippen LogP contribution is 2.58. The summed E-state index contributed by atoms with van der Waals surface area (Å²) in [5, 5.41) is 0. The fourth-order valence-electron chi connectivity index (χ4n) is 5.51. The quantitative estimate of drug-likeness (QED) is 0.548. The lowest BCUT2D eigenvalue weighted by atomic mass is 9.50. The van der Waals surface area contributed by atoms with E-state index >= 15 is 0 Å². The van der Waals surface area contributed by atoms with E-state index in [1.165, 1.54) is 5.57 Å². The van der Waals surface area contributed by atoms with E-state index in [9.17, 15) is 14.4 Å². The first kappa shape index (κ1) is 15.8. The molecule has 4 heteroatoms. The number of hydrogen-bond donors (Lipinski definition) is 0. The Morgan fingerprint density at radius 2 is 1.92 bits per heavy atom. The molecule has 0 aromatic carbocycles. The first-order valence-electron chi connectivity index (χ1n) is 9.01. The van der Waals surface area contributed by atoms with Crippen LogP contribution in [0.3, 0.4) is 0 Å². The molecule has 0 aromatic heterocycles. The fraction of sp³-hybridized carbons (Fsp3) is 0.650. The van der Waals surface area contributed by atoms with E-state index in [0.29, 0.717) is 18.6 Å². The molecule has 1 saturated heterocycles. The summed E-state index contributed by atoms with van der Waals surface area (Å²) in [5.41, 5.74) is 1.55. The van der Waals surface area contributed by atoms with Gasteiger partial charge in [0.15, 0.2) is 11.6 Å². The number of carbonyl (C=O) groups is 3. The van der Waals surface area contributed by atoms with Gasteiger partial charge in [-0.3, -0.25) is 14.4 Å². The Morgan fingerprint density at radius 3 is 2.62 bits per heavy atom. The van der Waals surface area contributed by atoms with Crippen molar-refractivity contribution < 1.29 is 19.1 Å². The van der Waals surface area contributed by atoms with Gasteiger partial charge in [-0.1, -0.05) is 32.4 Å². The Bertz CT molecular complexity index is 698. The van der Waals surface area contributed by atoms with E-state index in [1.807, 2.05) is 13.8 Å². The second kappa shape index (κ2) is 5.14. The highest BCUT2D eigenvalue weighted by molar-refractivity contribution is 6.11. The summed E-state index contributed by atoms with van der Waals surface area (Å²) >= 11 is 0. The third-order valence-corrected chi connectivity index (χ3v) is 6.76. The zero-order valence-corrected chi connectivity index (χ0v) is 14.5. The molecule has 0 bridgehead atoms. The third kappa shape index (κ3) is 1.95. The average Bonchev–Trinajstić information content (AvgIpc) is 2.90. The molecule has 2 fully saturated rings. The maximum Gasteiger partial charge on any atom is 0.309 e. The molecule has 0 aromatic rings. The van der Waals surface area contributed by atoms with Gasteiger partial charge in [0.2, 0.25) is 0 Å². The highest BCUT2D eigenvalue weighted by atomic mass is 16.5. The van der Waals surface area contributed by atoms with Crippen LogP contribution in [0.1, 0.15) is 40.0 Å². The Kier molecular flexibility index (Phi) is 3.38. The second-order valence-electron chi connectivity index (χ2n) is 8.30. The van der Waals surface area contributed by atoms with Crippen LogP contribution in [0.15, 0.2) is 23.3 Å². The van der Waals surface area contributed by atoms with Gasteiger partial charge >= 0.3 is 5.97 Å². The predicted octanol–water partition coefficient (Wildman–Crippen LogP) is 2.87. The number of fused-ring (bicyclic) bond motifs is 5. The number of ketones is 2. The van der Waals surface area contributed by atoms with Gasteiger partial charge < -0.3 is 4.74 Å². The molecule has 128 valence electrons. The first-order valence-corrected chi connectivity index (χ1v) is 9.01. The largest absolute Gasteiger partial charge is 0.465 e. The summed E-state index contributed by atoms with van der Waals surface area (Å²) in [6.07, 6.45) is 5.89. The minimum absolute atomic E-state index is 0.0583. The molecule has 4 nitrogen and oxygen atoms in total. The van der Waals surface area contributed by atoms with E-state index in [0.717, 1.165) is 12.8 Å². The molecule has 4 rings (SSSR count). The second-order valence-corrected chi connectivity index (χ2v) is 8.30. The van der Waals surface area contributed by atoms with Gasteiger partial charge in [-0.05, 0) is 36.7 Å². The summed E-state index contributed by atoms with van der Waals surface area (Å²) in [6.45, 7) is 6.48. The number of carbonyl (C=O) groups excluding carboxylic acids is 3. The van der Waals surface area contributed by atoms with Crippen molar-refractivity contribution in [1.82, 2.24) is 0 Å². The Hall–Kier alpha value is -1.71. The molecule has 1 aliphatic heterocycles. The third-order valence-electron chi connectivity index (χ3n) is 6.76. The van der Waals surface area contributed by atoms with Crippen molar-refractivity contribution >= 4 is 17.5 Å². The molecule has 0 spiro atoms. The average molecular weight is 328 g/mol. The molecule has 1 heterocycles. The monoisotopic (exact) mass is 328 g/mol. The van der Waals surface area contributed by atoms with Crippen LogP contribution in [0, 0.1) is 35.0 Å². The molecule has 3 aliphatic carbocycles. The van der Waals surface area contributed by atoms with Crippen molar-refractivity contribution in [3.63, 3.8) is 0 Å². The van der Waals surface area contributed by atoms with Gasteiger partial charge in [-0.2, -0.15) is 0 Å². The molecule has 0 N–H and O–H groups in total. The van der Waals surface area contributed by atoms with Gasteiger partial charge in [-0.15, -0.1) is 0 Å². The lowest BCUT2D eigenvalue weighted by molar-refractivity contribution is -0.142. The fourth-order valence-corrected chi connectivity index (χ4v) is 5.51. The van der Waals surface area contributed by atoms with Crippen LogP contribution in [0.25, 0.3) is 0 Å². The zero-order valence-electron chi connectivity index (χ0n) is 14.5. The zero-order chi connectivity index (χ0) is 17.2. The van der Waals surface area contributed by atoms with Gasteiger partial charge in [0.1, 0.15) is 0 Å². The van der Waals surface area contributed by atoms with Gasteiger partial charge in [-0.25, -0.2) is 0 Å². The van der Waals surface area contributed by atoms with E-state index in [4.69, 9.17) is 4.74 Å². The van der Waals surface area contributed by atoms with Crippen molar-refractivity contribution in [2.45, 2.75) is 40.0 Å². The smallest absolute Gasteiger partial charge is 0.309 e. The summed E-state index contributed by atoms with van der Waals surface area (Å²) < 4.78 is 5.28. The topological polar surface area (TPSA) is 60.4 Å². The van der Waals surface area contributed by atoms with Crippen molar-refractivity contribution in [3.8, 4) is 0 Å². The number of hydrogen-bond acceptors (Lipinski definition) is 4. The van der Waals surface area contributed by atoms with Crippen LogP contribution >= 0.6 is 0 Å². The van der Waals surface area contributed by atoms with Crippen molar-refractivity contribution in [2.24, 2.45) is 35.0 Å². The van der Waals surface area contributed by atoms with Crippen LogP contribution < -0.4 is 0 Å². The summed E-state index contributed by atoms with van der Waals surface area (Å²) in [5.74, 6) is -0.248. The minimum atomic E-state index is -0.316.